The summed E-state index contributed by atoms with van der Waals surface area (Å²) in [5.74, 6) is 7.66. The van der Waals surface area contributed by atoms with E-state index in [1.807, 2.05) is 0 Å². The van der Waals surface area contributed by atoms with Crippen LogP contribution in [0.2, 0.25) is 0 Å². The van der Waals surface area contributed by atoms with E-state index in [-0.39, 0.29) is 0 Å². The van der Waals surface area contributed by atoms with E-state index in [2.05, 4.69) is 63.7 Å². The van der Waals surface area contributed by atoms with Crippen LogP contribution in [0.3, 0.4) is 0 Å². The van der Waals surface area contributed by atoms with Gasteiger partial charge in [-0.2, -0.15) is 0 Å². The summed E-state index contributed by atoms with van der Waals surface area (Å²) in [5, 5.41) is 0. The quantitative estimate of drug-likeness (QED) is 0.467. The van der Waals surface area contributed by atoms with Crippen molar-refractivity contribution in [2.75, 3.05) is 0 Å². The Balaban J connectivity index is 1.79. The number of rotatable bonds is 0. The number of allylic oxidation sites excluding steroid dienone is 2. The molecule has 4 bridgehead atoms. The number of halogens is 4. The fourth-order valence-corrected chi connectivity index (χ4v) is 8.27. The van der Waals surface area contributed by atoms with Crippen LogP contribution < -0.4 is 0 Å². The van der Waals surface area contributed by atoms with Crippen LogP contribution in [0.25, 0.3) is 0 Å². The Bertz CT molecular complexity index is 451. The lowest BCUT2D eigenvalue weighted by atomic mass is 9.41. The van der Waals surface area contributed by atoms with E-state index in [9.17, 15) is 0 Å². The van der Waals surface area contributed by atoms with Crippen LogP contribution in [0.5, 0.6) is 0 Å². The molecule has 4 heteroatoms. The molecule has 84 valence electrons. The first kappa shape index (κ1) is 10.2. The van der Waals surface area contributed by atoms with Crippen molar-refractivity contribution < 1.29 is 0 Å². The Kier molecular flexibility index (Phi) is 1.78. The van der Waals surface area contributed by atoms with Gasteiger partial charge in [0.2, 0.25) is 0 Å². The number of hydrogen-bond acceptors (Lipinski definition) is 0. The van der Waals surface area contributed by atoms with Gasteiger partial charge in [-0.1, -0.05) is 0 Å². The molecular weight excluding hydrogens is 464 g/mol. The molecule has 0 saturated heterocycles. The standard InChI is InChI=1S/C12H8Br4/c13-11(14)9-5-1-2-4(5)8-7(9)3(1)6(2)10(8)12(15)16/h1-8H/t1-,2+,3-,4-,5+,6+,7+,8-/m1/s1. The van der Waals surface area contributed by atoms with Gasteiger partial charge in [0, 0.05) is 0 Å². The van der Waals surface area contributed by atoms with Crippen molar-refractivity contribution in [1.82, 2.24) is 0 Å². The summed E-state index contributed by atoms with van der Waals surface area (Å²) in [4.78, 5) is 0. The van der Waals surface area contributed by atoms with E-state index >= 15 is 0 Å². The Morgan fingerprint density at radius 1 is 0.562 bits per heavy atom. The molecule has 16 heavy (non-hydrogen) atoms. The average Bonchev–Trinajstić information content (AvgIpc) is 2.62. The SMILES string of the molecule is BrC(Br)=C1[C@@H]2[C@@H]3C(=C(Br)Br)[C@@H]4[C@H]2[C@@H]2[C@H]1[C@H]3[C@@H]42. The van der Waals surface area contributed by atoms with Gasteiger partial charge in [0.25, 0.3) is 0 Å². The van der Waals surface area contributed by atoms with Crippen LogP contribution in [0.4, 0.5) is 0 Å². The monoisotopic (exact) mass is 468 g/mol. The zero-order chi connectivity index (χ0) is 10.9. The molecule has 6 aliphatic rings. The molecule has 0 aromatic carbocycles. The van der Waals surface area contributed by atoms with E-state index in [0.29, 0.717) is 0 Å². The van der Waals surface area contributed by atoms with E-state index in [0.717, 1.165) is 47.3 Å². The lowest BCUT2D eigenvalue weighted by molar-refractivity contribution is -0.166. The van der Waals surface area contributed by atoms with Gasteiger partial charge >= 0.3 is 0 Å². The third-order valence-electron chi connectivity index (χ3n) is 6.08. The van der Waals surface area contributed by atoms with Crippen LogP contribution in [0.1, 0.15) is 0 Å². The largest absolute Gasteiger partial charge is 0.0602 e. The first-order valence-electron chi connectivity index (χ1n) is 5.74. The Labute approximate surface area is 128 Å². The summed E-state index contributed by atoms with van der Waals surface area (Å²) in [7, 11) is 0. The van der Waals surface area contributed by atoms with Crippen molar-refractivity contribution in [2.45, 2.75) is 0 Å². The van der Waals surface area contributed by atoms with Crippen LogP contribution in [-0.4, -0.2) is 0 Å². The first-order valence-corrected chi connectivity index (χ1v) is 8.92. The van der Waals surface area contributed by atoms with Gasteiger partial charge in [0.05, 0.1) is 6.78 Å². The van der Waals surface area contributed by atoms with Crippen molar-refractivity contribution in [3.05, 3.63) is 17.9 Å². The molecule has 0 amide bonds. The molecule has 0 heterocycles. The summed E-state index contributed by atoms with van der Waals surface area (Å²) in [6, 6.07) is 0. The second kappa shape index (κ2) is 2.78. The predicted octanol–water partition coefficient (Wildman–Crippen LogP) is 4.99. The summed E-state index contributed by atoms with van der Waals surface area (Å²) in [5.41, 5.74) is 3.44. The summed E-state index contributed by atoms with van der Waals surface area (Å²) in [6.07, 6.45) is 0. The van der Waals surface area contributed by atoms with Crippen molar-refractivity contribution >= 4 is 63.7 Å². The van der Waals surface area contributed by atoms with Gasteiger partial charge < -0.3 is 0 Å². The molecule has 6 fully saturated rings. The van der Waals surface area contributed by atoms with Gasteiger partial charge in [-0.25, -0.2) is 0 Å². The fraction of sp³-hybridized carbons (Fsp3) is 0.667. The zero-order valence-corrected chi connectivity index (χ0v) is 14.5. The van der Waals surface area contributed by atoms with Gasteiger partial charge in [-0.05, 0) is 122 Å². The molecule has 0 radical (unpaired) electrons. The molecule has 0 aliphatic heterocycles. The molecule has 0 N–H and O–H groups in total. The maximum atomic E-state index is 3.68. The smallest absolute Gasteiger partial charge is 0.0426 e. The van der Waals surface area contributed by atoms with Gasteiger partial charge in [0.15, 0.2) is 0 Å². The highest BCUT2D eigenvalue weighted by atomic mass is 79.9. The second-order valence-corrected chi connectivity index (χ2v) is 11.1. The molecule has 0 spiro atoms. The highest BCUT2D eigenvalue weighted by Crippen LogP contribution is 2.92. The van der Waals surface area contributed by atoms with Gasteiger partial charge in [-0.3, -0.25) is 0 Å². The molecule has 0 unspecified atom stereocenters. The molecule has 6 saturated carbocycles. The topological polar surface area (TPSA) is 0 Å². The van der Waals surface area contributed by atoms with E-state index in [1.165, 1.54) is 6.78 Å². The summed E-state index contributed by atoms with van der Waals surface area (Å²) >= 11 is 14.7. The molecule has 6 rings (SSSR count). The van der Waals surface area contributed by atoms with E-state index in [4.69, 9.17) is 0 Å². The van der Waals surface area contributed by atoms with E-state index < -0.39 is 0 Å². The van der Waals surface area contributed by atoms with Crippen LogP contribution in [-0.2, 0) is 0 Å². The van der Waals surface area contributed by atoms with Gasteiger partial charge in [0.1, 0.15) is 0 Å². The molecular formula is C12H8Br4. The zero-order valence-electron chi connectivity index (χ0n) is 8.13. The lowest BCUT2D eigenvalue weighted by Crippen LogP contribution is -2.60. The first-order chi connectivity index (χ1) is 7.64. The van der Waals surface area contributed by atoms with Crippen molar-refractivity contribution in [1.29, 1.82) is 0 Å². The highest BCUT2D eigenvalue weighted by Gasteiger charge is 2.87. The third kappa shape index (κ3) is 0.747. The van der Waals surface area contributed by atoms with Crippen LogP contribution >= 0.6 is 63.7 Å². The molecule has 0 nitrogen and oxygen atoms in total. The fourth-order valence-electron chi connectivity index (χ4n) is 6.16. The summed E-state index contributed by atoms with van der Waals surface area (Å²) < 4.78 is 2.53. The molecule has 0 aromatic heterocycles. The van der Waals surface area contributed by atoms with Crippen LogP contribution in [0, 0.1) is 47.3 Å². The van der Waals surface area contributed by atoms with E-state index in [1.54, 1.807) is 11.1 Å². The minimum Gasteiger partial charge on any atom is -0.0426 e. The minimum atomic E-state index is 0.865. The van der Waals surface area contributed by atoms with Crippen molar-refractivity contribution in [3.63, 3.8) is 0 Å². The summed E-state index contributed by atoms with van der Waals surface area (Å²) in [6.45, 7) is 0. The highest BCUT2D eigenvalue weighted by molar-refractivity contribution is 9.28. The molecule has 8 atom stereocenters. The maximum Gasteiger partial charge on any atom is 0.0602 e. The number of hydrogen-bond donors (Lipinski definition) is 0. The Hall–Kier alpha value is 1.40. The third-order valence-corrected chi connectivity index (χ3v) is 7.91. The lowest BCUT2D eigenvalue weighted by Gasteiger charge is -2.62. The van der Waals surface area contributed by atoms with Crippen molar-refractivity contribution in [2.24, 2.45) is 47.3 Å². The van der Waals surface area contributed by atoms with Crippen LogP contribution in [0.15, 0.2) is 17.9 Å². The normalized spacial score (nSPS) is 61.5. The average molecular weight is 472 g/mol. The molecule has 0 aromatic rings. The maximum absolute atomic E-state index is 3.68. The van der Waals surface area contributed by atoms with Gasteiger partial charge in [-0.15, -0.1) is 0 Å². The molecule has 6 aliphatic carbocycles. The Morgan fingerprint density at radius 2 is 0.938 bits per heavy atom. The van der Waals surface area contributed by atoms with Crippen molar-refractivity contribution in [3.8, 4) is 0 Å². The Morgan fingerprint density at radius 3 is 1.25 bits per heavy atom. The second-order valence-electron chi connectivity index (χ2n) is 5.84. The predicted molar refractivity (Wildman–Crippen MR) is 77.7 cm³/mol. The minimum absolute atomic E-state index is 0.865.